The molecule has 1 aliphatic carbocycles. The Bertz CT molecular complexity index is 736. The van der Waals surface area contributed by atoms with Crippen LogP contribution in [-0.2, 0) is 24.1 Å². The molecule has 2 aliphatic heterocycles. The van der Waals surface area contributed by atoms with E-state index < -0.39 is 0 Å². The molecule has 0 saturated carbocycles. The van der Waals surface area contributed by atoms with Crippen LogP contribution in [0.1, 0.15) is 42.6 Å². The zero-order valence-corrected chi connectivity index (χ0v) is 17.5. The van der Waals surface area contributed by atoms with Gasteiger partial charge >= 0.3 is 0 Å². The molecule has 29 heavy (non-hydrogen) atoms. The first-order valence-electron chi connectivity index (χ1n) is 11.5. The van der Waals surface area contributed by atoms with Crippen LogP contribution >= 0.6 is 0 Å². The quantitative estimate of drug-likeness (QED) is 0.706. The molecule has 0 unspecified atom stereocenters. The van der Waals surface area contributed by atoms with E-state index >= 15 is 0 Å². The Morgan fingerprint density at radius 1 is 0.931 bits per heavy atom. The van der Waals surface area contributed by atoms with Crippen molar-refractivity contribution in [3.05, 3.63) is 59.5 Å². The average molecular weight is 395 g/mol. The van der Waals surface area contributed by atoms with Crippen LogP contribution in [0, 0.1) is 5.92 Å². The van der Waals surface area contributed by atoms with E-state index in [0.29, 0.717) is 6.10 Å². The number of likely N-dealkylation sites (tertiary alicyclic amines) is 1. The Balaban J connectivity index is 1.14. The zero-order valence-electron chi connectivity index (χ0n) is 17.5. The molecule has 4 nitrogen and oxygen atoms in total. The van der Waals surface area contributed by atoms with E-state index in [-0.39, 0.29) is 0 Å². The van der Waals surface area contributed by atoms with Crippen molar-refractivity contribution in [1.82, 2.24) is 9.80 Å². The van der Waals surface area contributed by atoms with E-state index in [1.807, 2.05) is 6.07 Å². The minimum atomic E-state index is 0.405. The highest BCUT2D eigenvalue weighted by atomic mass is 16.5. The van der Waals surface area contributed by atoms with Gasteiger partial charge in [0.2, 0.25) is 0 Å². The molecule has 2 saturated heterocycles. The van der Waals surface area contributed by atoms with E-state index in [9.17, 15) is 0 Å². The van der Waals surface area contributed by atoms with E-state index in [2.05, 4.69) is 40.1 Å². The van der Waals surface area contributed by atoms with Gasteiger partial charge in [-0.15, -0.1) is 0 Å². The highest BCUT2D eigenvalue weighted by Gasteiger charge is 2.31. The van der Waals surface area contributed by atoms with E-state index in [4.69, 9.17) is 9.15 Å². The second kappa shape index (κ2) is 9.03. The summed E-state index contributed by atoms with van der Waals surface area (Å²) in [5.41, 5.74) is 3.14. The Kier molecular flexibility index (Phi) is 6.03. The lowest BCUT2D eigenvalue weighted by Gasteiger charge is -2.38. The Hall–Kier alpha value is -1.62. The van der Waals surface area contributed by atoms with Crippen LogP contribution in [0.2, 0.25) is 0 Å². The fourth-order valence-electron chi connectivity index (χ4n) is 5.56. The number of rotatable bonds is 7. The summed E-state index contributed by atoms with van der Waals surface area (Å²) in [5.74, 6) is 1.86. The van der Waals surface area contributed by atoms with E-state index in [1.165, 1.54) is 58.2 Å². The van der Waals surface area contributed by atoms with Crippen LogP contribution in [0.5, 0.6) is 0 Å². The summed E-state index contributed by atoms with van der Waals surface area (Å²) < 4.78 is 11.6. The van der Waals surface area contributed by atoms with Gasteiger partial charge in [0.05, 0.1) is 18.9 Å². The molecule has 0 spiro atoms. The summed E-state index contributed by atoms with van der Waals surface area (Å²) in [5, 5.41) is 0. The maximum Gasteiger partial charge on any atom is 0.117 e. The maximum absolute atomic E-state index is 5.93. The molecule has 3 heterocycles. The highest BCUT2D eigenvalue weighted by molar-refractivity contribution is 5.33. The van der Waals surface area contributed by atoms with Gasteiger partial charge in [-0.1, -0.05) is 24.3 Å². The van der Waals surface area contributed by atoms with Crippen LogP contribution in [0.15, 0.2) is 47.1 Å². The first kappa shape index (κ1) is 19.3. The lowest BCUT2D eigenvalue weighted by atomic mass is 9.94. The van der Waals surface area contributed by atoms with Gasteiger partial charge in [-0.05, 0) is 80.8 Å². The number of piperidine rings is 1. The fraction of sp³-hybridized carbons (Fsp3) is 0.600. The summed E-state index contributed by atoms with van der Waals surface area (Å²) >= 11 is 0. The van der Waals surface area contributed by atoms with Gasteiger partial charge in [-0.2, -0.15) is 0 Å². The minimum absolute atomic E-state index is 0.405. The summed E-state index contributed by atoms with van der Waals surface area (Å²) in [6, 6.07) is 13.8. The molecule has 1 aromatic carbocycles. The molecule has 156 valence electrons. The topological polar surface area (TPSA) is 28.9 Å². The average Bonchev–Trinajstić information content (AvgIpc) is 3.50. The number of fused-ring (bicyclic) bond motifs is 1. The number of hydrogen-bond acceptors (Lipinski definition) is 4. The summed E-state index contributed by atoms with van der Waals surface area (Å²) in [6.07, 6.45) is 9.71. The smallest absolute Gasteiger partial charge is 0.117 e. The van der Waals surface area contributed by atoms with Gasteiger partial charge in [0.25, 0.3) is 0 Å². The number of ether oxygens (including phenoxy) is 1. The van der Waals surface area contributed by atoms with Crippen LogP contribution in [-0.4, -0.2) is 54.7 Å². The number of nitrogens with zero attached hydrogens (tertiary/aromatic N) is 2. The molecule has 1 atom stereocenters. The van der Waals surface area contributed by atoms with Crippen molar-refractivity contribution in [3.8, 4) is 0 Å². The molecule has 5 rings (SSSR count). The normalized spacial score (nSPS) is 23.8. The van der Waals surface area contributed by atoms with Crippen molar-refractivity contribution in [1.29, 1.82) is 0 Å². The third-order valence-corrected chi connectivity index (χ3v) is 7.16. The summed E-state index contributed by atoms with van der Waals surface area (Å²) in [6.45, 7) is 6.54. The third kappa shape index (κ3) is 4.76. The predicted molar refractivity (Wildman–Crippen MR) is 115 cm³/mol. The second-order valence-electron chi connectivity index (χ2n) is 9.22. The van der Waals surface area contributed by atoms with Gasteiger partial charge in [-0.3, -0.25) is 9.80 Å². The molecule has 0 bridgehead atoms. The first-order valence-corrected chi connectivity index (χ1v) is 11.5. The Morgan fingerprint density at radius 3 is 2.38 bits per heavy atom. The Labute approximate surface area is 174 Å². The van der Waals surface area contributed by atoms with Gasteiger partial charge in [0.1, 0.15) is 5.76 Å². The summed E-state index contributed by atoms with van der Waals surface area (Å²) in [4.78, 5) is 5.34. The molecule has 3 aliphatic rings. The zero-order chi connectivity index (χ0) is 19.5. The fourth-order valence-corrected chi connectivity index (χ4v) is 5.56. The lowest BCUT2D eigenvalue weighted by Crippen LogP contribution is -2.44. The van der Waals surface area contributed by atoms with Crippen LogP contribution in [0.3, 0.4) is 0 Å². The maximum atomic E-state index is 5.93. The van der Waals surface area contributed by atoms with Crippen molar-refractivity contribution < 1.29 is 9.15 Å². The van der Waals surface area contributed by atoms with E-state index in [0.717, 1.165) is 37.4 Å². The van der Waals surface area contributed by atoms with Crippen molar-refractivity contribution in [2.24, 2.45) is 5.92 Å². The van der Waals surface area contributed by atoms with E-state index in [1.54, 1.807) is 17.4 Å². The molecule has 1 aromatic heterocycles. The lowest BCUT2D eigenvalue weighted by molar-refractivity contribution is 0.0517. The van der Waals surface area contributed by atoms with Gasteiger partial charge in [-0.25, -0.2) is 0 Å². The van der Waals surface area contributed by atoms with Crippen molar-refractivity contribution in [2.75, 3.05) is 32.8 Å². The van der Waals surface area contributed by atoms with Crippen LogP contribution < -0.4 is 0 Å². The molecule has 0 amide bonds. The van der Waals surface area contributed by atoms with Crippen molar-refractivity contribution in [3.63, 3.8) is 0 Å². The molecule has 4 heteroatoms. The molecular formula is C25H34N2O2. The molecule has 2 aromatic rings. The molecule has 2 fully saturated rings. The van der Waals surface area contributed by atoms with Crippen molar-refractivity contribution >= 4 is 0 Å². The van der Waals surface area contributed by atoms with Crippen LogP contribution in [0.25, 0.3) is 0 Å². The number of benzene rings is 1. The number of furan rings is 1. The SMILES string of the molecule is c1coc(CN(CC2CCN(C3Cc4ccccc4C3)CC2)C[C@@H]2CCCO2)c1. The third-order valence-electron chi connectivity index (χ3n) is 7.16. The highest BCUT2D eigenvalue weighted by Crippen LogP contribution is 2.29. The predicted octanol–water partition coefficient (Wildman–Crippen LogP) is 4.14. The second-order valence-corrected chi connectivity index (χ2v) is 9.22. The standard InChI is InChI=1S/C25H34N2O2/c1-2-6-22-16-23(15-21(22)5-1)27-11-9-20(10-12-27)17-26(18-24-7-3-13-28-24)19-25-8-4-14-29-25/h1-3,5-7,13,20,23,25H,4,8-12,14-19H2/t25-/m0/s1. The van der Waals surface area contributed by atoms with Gasteiger partial charge in [0.15, 0.2) is 0 Å². The number of hydrogen-bond donors (Lipinski definition) is 0. The van der Waals surface area contributed by atoms with Crippen molar-refractivity contribution in [2.45, 2.75) is 57.2 Å². The Morgan fingerprint density at radius 2 is 1.72 bits per heavy atom. The van der Waals surface area contributed by atoms with Gasteiger partial charge < -0.3 is 9.15 Å². The van der Waals surface area contributed by atoms with Crippen LogP contribution in [0.4, 0.5) is 0 Å². The largest absolute Gasteiger partial charge is 0.468 e. The van der Waals surface area contributed by atoms with Gasteiger partial charge in [0, 0.05) is 25.7 Å². The first-order chi connectivity index (χ1) is 14.3. The minimum Gasteiger partial charge on any atom is -0.468 e. The monoisotopic (exact) mass is 394 g/mol. The summed E-state index contributed by atoms with van der Waals surface area (Å²) in [7, 11) is 0. The molecule has 0 radical (unpaired) electrons. The molecular weight excluding hydrogens is 360 g/mol. The molecule has 0 N–H and O–H groups in total.